The predicted octanol–water partition coefficient (Wildman–Crippen LogP) is 3.17. The monoisotopic (exact) mass is 377 g/mol. The van der Waals surface area contributed by atoms with Gasteiger partial charge in [0.2, 0.25) is 5.91 Å². The summed E-state index contributed by atoms with van der Waals surface area (Å²) in [5.74, 6) is -0.622. The first kappa shape index (κ1) is 18.7. The third-order valence-electron chi connectivity index (χ3n) is 4.29. The summed E-state index contributed by atoms with van der Waals surface area (Å²) in [6, 6.07) is 19.1. The molecule has 2 amide bonds. The van der Waals surface area contributed by atoms with Crippen molar-refractivity contribution >= 4 is 29.3 Å². The van der Waals surface area contributed by atoms with Crippen LogP contribution >= 0.6 is 11.8 Å². The van der Waals surface area contributed by atoms with E-state index in [0.29, 0.717) is 17.1 Å². The molecule has 1 fully saturated rings. The van der Waals surface area contributed by atoms with Crippen molar-refractivity contribution in [2.24, 2.45) is 0 Å². The van der Waals surface area contributed by atoms with Crippen molar-refractivity contribution in [1.29, 1.82) is 5.26 Å². The number of nitrogens with zero attached hydrogens (tertiary/aromatic N) is 2. The molecule has 6 heteroatoms. The van der Waals surface area contributed by atoms with Gasteiger partial charge in [-0.3, -0.25) is 14.5 Å². The van der Waals surface area contributed by atoms with E-state index in [2.05, 4.69) is 5.32 Å². The molecular weight excluding hydrogens is 358 g/mol. The maximum atomic E-state index is 13.1. The lowest BCUT2D eigenvalue weighted by atomic mass is 10.1. The minimum Gasteiger partial charge on any atom is -0.354 e. The van der Waals surface area contributed by atoms with E-state index in [0.717, 1.165) is 11.1 Å². The lowest BCUT2D eigenvalue weighted by Crippen LogP contribution is -2.31. The van der Waals surface area contributed by atoms with Crippen LogP contribution in [0.5, 0.6) is 0 Å². The molecule has 3 rings (SSSR count). The maximum Gasteiger partial charge on any atom is 0.264 e. The standard InChI is InChI=1S/C21H19N3O2S/c1-14-8-10-15(11-9-14)12-18-20(26)24(16-6-4-3-5-7-16)21(27-18)17(13-22)19(25)23-2/h3-11,18H,12H2,1-2H3,(H,23,25)/b21-17-/t18-/m1/s1. The second-order valence-electron chi connectivity index (χ2n) is 6.18. The molecule has 5 nitrogen and oxygen atoms in total. The van der Waals surface area contributed by atoms with E-state index >= 15 is 0 Å². The molecule has 0 spiro atoms. The summed E-state index contributed by atoms with van der Waals surface area (Å²) in [6.45, 7) is 2.01. The van der Waals surface area contributed by atoms with Crippen LogP contribution < -0.4 is 10.2 Å². The summed E-state index contributed by atoms with van der Waals surface area (Å²) >= 11 is 1.27. The van der Waals surface area contributed by atoms with Crippen LogP contribution in [-0.4, -0.2) is 24.1 Å². The van der Waals surface area contributed by atoms with Gasteiger partial charge in [-0.2, -0.15) is 5.26 Å². The highest BCUT2D eigenvalue weighted by Crippen LogP contribution is 2.41. The molecule has 1 heterocycles. The molecule has 0 unspecified atom stereocenters. The highest BCUT2D eigenvalue weighted by atomic mass is 32.2. The topological polar surface area (TPSA) is 73.2 Å². The van der Waals surface area contributed by atoms with Gasteiger partial charge in [0.25, 0.3) is 5.91 Å². The Balaban J connectivity index is 2.02. The average molecular weight is 377 g/mol. The number of amides is 2. The Morgan fingerprint density at radius 1 is 1.19 bits per heavy atom. The summed E-state index contributed by atoms with van der Waals surface area (Å²) < 4.78 is 0. The molecule has 0 radical (unpaired) electrons. The van der Waals surface area contributed by atoms with Gasteiger partial charge < -0.3 is 5.32 Å². The number of nitrogens with one attached hydrogen (secondary N) is 1. The molecule has 0 bridgehead atoms. The van der Waals surface area contributed by atoms with Crippen LogP contribution in [0.15, 0.2) is 65.2 Å². The SMILES string of the molecule is CNC(=O)/C(C#N)=C1\S[C@H](Cc2ccc(C)cc2)C(=O)N1c1ccccc1. The van der Waals surface area contributed by atoms with Crippen molar-refractivity contribution in [2.75, 3.05) is 11.9 Å². The first-order valence-corrected chi connectivity index (χ1v) is 9.40. The number of carbonyl (C=O) groups is 2. The Bertz CT molecular complexity index is 930. The third kappa shape index (κ3) is 3.88. The van der Waals surface area contributed by atoms with E-state index in [1.807, 2.05) is 55.5 Å². The molecule has 1 atom stereocenters. The number of benzene rings is 2. The summed E-state index contributed by atoms with van der Waals surface area (Å²) in [5, 5.41) is 12.0. The fourth-order valence-corrected chi connectivity index (χ4v) is 4.17. The first-order valence-electron chi connectivity index (χ1n) is 8.53. The normalized spacial score (nSPS) is 18.2. The van der Waals surface area contributed by atoms with Crippen LogP contribution in [0, 0.1) is 18.3 Å². The summed E-state index contributed by atoms with van der Waals surface area (Å²) in [4.78, 5) is 26.8. The summed E-state index contributed by atoms with van der Waals surface area (Å²) in [7, 11) is 1.47. The van der Waals surface area contributed by atoms with Crippen LogP contribution in [0.1, 0.15) is 11.1 Å². The second kappa shape index (κ2) is 8.11. The molecule has 1 saturated heterocycles. The van der Waals surface area contributed by atoms with Crippen LogP contribution in [0.25, 0.3) is 0 Å². The number of thioether (sulfide) groups is 1. The van der Waals surface area contributed by atoms with Crippen LogP contribution in [0.2, 0.25) is 0 Å². The molecule has 1 N–H and O–H groups in total. The number of aryl methyl sites for hydroxylation is 1. The Hall–Kier alpha value is -3.04. The van der Waals surface area contributed by atoms with Crippen LogP contribution in [0.4, 0.5) is 5.69 Å². The average Bonchev–Trinajstić information content (AvgIpc) is 3.00. The van der Waals surface area contributed by atoms with Crippen LogP contribution in [0.3, 0.4) is 0 Å². The van der Waals surface area contributed by atoms with Crippen molar-refractivity contribution in [3.05, 3.63) is 76.3 Å². The minimum absolute atomic E-state index is 0.0499. The van der Waals surface area contributed by atoms with Gasteiger partial charge in [-0.05, 0) is 31.0 Å². The fourth-order valence-electron chi connectivity index (χ4n) is 2.86. The number of nitriles is 1. The smallest absolute Gasteiger partial charge is 0.264 e. The number of anilines is 1. The molecule has 0 aliphatic carbocycles. The molecule has 0 saturated carbocycles. The Morgan fingerprint density at radius 3 is 2.44 bits per heavy atom. The van der Waals surface area contributed by atoms with Crippen molar-refractivity contribution in [2.45, 2.75) is 18.6 Å². The van der Waals surface area contributed by atoms with Crippen molar-refractivity contribution in [3.8, 4) is 6.07 Å². The molecule has 27 heavy (non-hydrogen) atoms. The Morgan fingerprint density at radius 2 is 1.85 bits per heavy atom. The zero-order valence-electron chi connectivity index (χ0n) is 15.1. The van der Waals surface area contributed by atoms with Gasteiger partial charge in [0.1, 0.15) is 16.7 Å². The summed E-state index contributed by atoms with van der Waals surface area (Å²) in [6.07, 6.45) is 0.531. The van der Waals surface area contributed by atoms with E-state index in [1.54, 1.807) is 12.1 Å². The van der Waals surface area contributed by atoms with Crippen LogP contribution in [-0.2, 0) is 16.0 Å². The van der Waals surface area contributed by atoms with Gasteiger partial charge in [-0.1, -0.05) is 59.8 Å². The molecule has 1 aliphatic heterocycles. The van der Waals surface area contributed by atoms with Gasteiger partial charge in [0.15, 0.2) is 0 Å². The van der Waals surface area contributed by atoms with Gasteiger partial charge >= 0.3 is 0 Å². The van der Waals surface area contributed by atoms with E-state index in [1.165, 1.54) is 23.7 Å². The molecular formula is C21H19N3O2S. The summed E-state index contributed by atoms with van der Waals surface area (Å²) in [5.41, 5.74) is 2.79. The number of para-hydroxylation sites is 1. The van der Waals surface area contributed by atoms with E-state index < -0.39 is 11.2 Å². The molecule has 2 aromatic rings. The highest BCUT2D eigenvalue weighted by molar-refractivity contribution is 8.05. The van der Waals surface area contributed by atoms with Gasteiger partial charge in [0.05, 0.1) is 5.25 Å². The molecule has 1 aliphatic rings. The minimum atomic E-state index is -0.496. The zero-order valence-corrected chi connectivity index (χ0v) is 15.9. The third-order valence-corrected chi connectivity index (χ3v) is 5.55. The maximum absolute atomic E-state index is 13.1. The number of rotatable bonds is 4. The van der Waals surface area contributed by atoms with Crippen molar-refractivity contribution < 1.29 is 9.59 Å². The molecule has 2 aromatic carbocycles. The quantitative estimate of drug-likeness (QED) is 0.656. The van der Waals surface area contributed by atoms with E-state index in [9.17, 15) is 14.9 Å². The number of hydrogen-bond acceptors (Lipinski definition) is 4. The lowest BCUT2D eigenvalue weighted by molar-refractivity contribution is -0.117. The van der Waals surface area contributed by atoms with Gasteiger partial charge in [0, 0.05) is 12.7 Å². The van der Waals surface area contributed by atoms with E-state index in [-0.39, 0.29) is 11.5 Å². The van der Waals surface area contributed by atoms with Crippen molar-refractivity contribution in [3.63, 3.8) is 0 Å². The second-order valence-corrected chi connectivity index (χ2v) is 7.37. The highest BCUT2D eigenvalue weighted by Gasteiger charge is 2.40. The zero-order chi connectivity index (χ0) is 19.4. The number of hydrogen-bond donors (Lipinski definition) is 1. The first-order chi connectivity index (χ1) is 13.0. The van der Waals surface area contributed by atoms with Crippen molar-refractivity contribution in [1.82, 2.24) is 5.32 Å². The largest absolute Gasteiger partial charge is 0.354 e. The van der Waals surface area contributed by atoms with E-state index in [4.69, 9.17) is 0 Å². The number of likely N-dealkylation sites (N-methyl/N-ethyl adjacent to an activating group) is 1. The predicted molar refractivity (Wildman–Crippen MR) is 107 cm³/mol. The fraction of sp³-hybridized carbons (Fsp3) is 0.190. The lowest BCUT2D eigenvalue weighted by Gasteiger charge is -2.18. The number of carbonyl (C=O) groups excluding carboxylic acids is 2. The van der Waals surface area contributed by atoms with Gasteiger partial charge in [-0.25, -0.2) is 0 Å². The Kier molecular flexibility index (Phi) is 5.63. The Labute approximate surface area is 162 Å². The molecule has 0 aromatic heterocycles. The molecule has 136 valence electrons. The van der Waals surface area contributed by atoms with Gasteiger partial charge in [-0.15, -0.1) is 0 Å².